The van der Waals surface area contributed by atoms with E-state index < -0.39 is 0 Å². The standard InChI is InChI=1S/C13H14N4OS/c1-17-7-11(16-8-17)13(18)15-6-9-3-2-4-10(5-9)12(14)19/h2-5,7-8H,6H2,1H3,(H2,14,19)(H,15,18). The monoisotopic (exact) mass is 274 g/mol. The van der Waals surface area contributed by atoms with E-state index in [1.807, 2.05) is 31.3 Å². The average Bonchev–Trinajstić information content (AvgIpc) is 2.83. The second-order valence-electron chi connectivity index (χ2n) is 4.17. The molecule has 2 rings (SSSR count). The number of thiocarbonyl (C=S) groups is 1. The van der Waals surface area contributed by atoms with Crippen LogP contribution in [0.5, 0.6) is 0 Å². The Kier molecular flexibility index (Phi) is 3.91. The number of carbonyl (C=O) groups is 1. The second-order valence-corrected chi connectivity index (χ2v) is 4.61. The number of nitrogens with one attached hydrogen (secondary N) is 1. The van der Waals surface area contributed by atoms with Crippen molar-refractivity contribution in [2.75, 3.05) is 0 Å². The molecule has 1 aromatic carbocycles. The first-order chi connectivity index (χ1) is 9.06. The predicted octanol–water partition coefficient (Wildman–Crippen LogP) is 0.984. The fraction of sp³-hybridized carbons (Fsp3) is 0.154. The van der Waals surface area contributed by atoms with Crippen LogP contribution in [0.3, 0.4) is 0 Å². The highest BCUT2D eigenvalue weighted by Gasteiger charge is 2.08. The van der Waals surface area contributed by atoms with Crippen molar-refractivity contribution in [2.45, 2.75) is 6.54 Å². The summed E-state index contributed by atoms with van der Waals surface area (Å²) in [5.74, 6) is -0.207. The van der Waals surface area contributed by atoms with Gasteiger partial charge in [-0.2, -0.15) is 0 Å². The fourth-order valence-corrected chi connectivity index (χ4v) is 1.76. The fourth-order valence-electron chi connectivity index (χ4n) is 1.64. The summed E-state index contributed by atoms with van der Waals surface area (Å²) in [4.78, 5) is 16.1. The lowest BCUT2D eigenvalue weighted by molar-refractivity contribution is 0.0946. The molecule has 0 aliphatic heterocycles. The SMILES string of the molecule is Cn1cnc(C(=O)NCc2cccc(C(N)=S)c2)c1. The van der Waals surface area contributed by atoms with Crippen LogP contribution in [0.1, 0.15) is 21.6 Å². The highest BCUT2D eigenvalue weighted by molar-refractivity contribution is 7.80. The Labute approximate surface area is 116 Å². The molecule has 5 nitrogen and oxygen atoms in total. The molecule has 0 aliphatic rings. The lowest BCUT2D eigenvalue weighted by Crippen LogP contribution is -2.23. The van der Waals surface area contributed by atoms with Gasteiger partial charge in [-0.25, -0.2) is 4.98 Å². The predicted molar refractivity (Wildman–Crippen MR) is 76.7 cm³/mol. The summed E-state index contributed by atoms with van der Waals surface area (Å²) < 4.78 is 1.72. The molecule has 0 fully saturated rings. The van der Waals surface area contributed by atoms with Crippen LogP contribution in [0, 0.1) is 0 Å². The lowest BCUT2D eigenvalue weighted by Gasteiger charge is -2.05. The third-order valence-corrected chi connectivity index (χ3v) is 2.84. The summed E-state index contributed by atoms with van der Waals surface area (Å²) in [7, 11) is 1.81. The molecule has 0 unspecified atom stereocenters. The molecule has 0 saturated heterocycles. The Morgan fingerprint density at radius 2 is 2.32 bits per heavy atom. The van der Waals surface area contributed by atoms with Gasteiger partial charge in [0.25, 0.3) is 5.91 Å². The van der Waals surface area contributed by atoms with Crippen LogP contribution in [0.4, 0.5) is 0 Å². The van der Waals surface area contributed by atoms with Crippen molar-refractivity contribution in [1.82, 2.24) is 14.9 Å². The summed E-state index contributed by atoms with van der Waals surface area (Å²) >= 11 is 4.91. The highest BCUT2D eigenvalue weighted by Crippen LogP contribution is 2.05. The van der Waals surface area contributed by atoms with Gasteiger partial charge >= 0.3 is 0 Å². The van der Waals surface area contributed by atoms with E-state index in [-0.39, 0.29) is 5.91 Å². The summed E-state index contributed by atoms with van der Waals surface area (Å²) in [5, 5.41) is 2.80. The third-order valence-electron chi connectivity index (χ3n) is 2.60. The van der Waals surface area contributed by atoms with Crippen molar-refractivity contribution in [3.8, 4) is 0 Å². The Morgan fingerprint density at radius 1 is 1.53 bits per heavy atom. The number of aryl methyl sites for hydroxylation is 1. The molecule has 0 aliphatic carbocycles. The van der Waals surface area contributed by atoms with Crippen LogP contribution < -0.4 is 11.1 Å². The van der Waals surface area contributed by atoms with Crippen molar-refractivity contribution >= 4 is 23.1 Å². The van der Waals surface area contributed by atoms with Crippen LogP contribution in [-0.2, 0) is 13.6 Å². The summed E-state index contributed by atoms with van der Waals surface area (Å²) in [6.45, 7) is 0.409. The lowest BCUT2D eigenvalue weighted by atomic mass is 10.1. The topological polar surface area (TPSA) is 72.9 Å². The normalized spacial score (nSPS) is 10.2. The molecule has 0 saturated carbocycles. The molecule has 0 radical (unpaired) electrons. The van der Waals surface area contributed by atoms with E-state index in [1.165, 1.54) is 0 Å². The molecule has 2 aromatic rings. The summed E-state index contributed by atoms with van der Waals surface area (Å²) in [6, 6.07) is 7.46. The molecule has 1 aromatic heterocycles. The van der Waals surface area contributed by atoms with Crippen LogP contribution in [0.25, 0.3) is 0 Å². The molecule has 0 bridgehead atoms. The minimum Gasteiger partial charge on any atom is -0.389 e. The number of aromatic nitrogens is 2. The largest absolute Gasteiger partial charge is 0.389 e. The Bertz CT molecular complexity index is 621. The van der Waals surface area contributed by atoms with Crippen LogP contribution in [0.15, 0.2) is 36.8 Å². The molecular weight excluding hydrogens is 260 g/mol. The van der Waals surface area contributed by atoms with Gasteiger partial charge in [-0.3, -0.25) is 4.79 Å². The van der Waals surface area contributed by atoms with E-state index in [2.05, 4.69) is 10.3 Å². The Morgan fingerprint density at radius 3 is 2.95 bits per heavy atom. The number of nitrogens with zero attached hydrogens (tertiary/aromatic N) is 2. The number of benzene rings is 1. The number of carbonyl (C=O) groups excluding carboxylic acids is 1. The molecule has 1 heterocycles. The van der Waals surface area contributed by atoms with Gasteiger partial charge in [0.05, 0.1) is 6.33 Å². The van der Waals surface area contributed by atoms with E-state index in [0.29, 0.717) is 17.2 Å². The van der Waals surface area contributed by atoms with Gasteiger partial charge in [-0.15, -0.1) is 0 Å². The van der Waals surface area contributed by atoms with E-state index in [9.17, 15) is 4.79 Å². The molecule has 0 spiro atoms. The van der Waals surface area contributed by atoms with E-state index in [4.69, 9.17) is 18.0 Å². The van der Waals surface area contributed by atoms with Gasteiger partial charge in [-0.1, -0.05) is 30.4 Å². The molecular formula is C13H14N4OS. The van der Waals surface area contributed by atoms with Gasteiger partial charge in [0.1, 0.15) is 10.7 Å². The molecule has 19 heavy (non-hydrogen) atoms. The number of imidazole rings is 1. The maximum atomic E-state index is 11.8. The van der Waals surface area contributed by atoms with Gasteiger partial charge in [0.15, 0.2) is 0 Å². The van der Waals surface area contributed by atoms with E-state index >= 15 is 0 Å². The van der Waals surface area contributed by atoms with Crippen molar-refractivity contribution in [2.24, 2.45) is 12.8 Å². The first-order valence-electron chi connectivity index (χ1n) is 5.71. The first-order valence-corrected chi connectivity index (χ1v) is 6.12. The van der Waals surface area contributed by atoms with E-state index in [1.54, 1.807) is 17.1 Å². The molecule has 6 heteroatoms. The second kappa shape index (κ2) is 5.62. The van der Waals surface area contributed by atoms with Gasteiger partial charge in [0, 0.05) is 25.4 Å². The Hall–Kier alpha value is -2.21. The number of amides is 1. The van der Waals surface area contributed by atoms with Crippen LogP contribution in [0.2, 0.25) is 0 Å². The minimum atomic E-state index is -0.207. The zero-order valence-electron chi connectivity index (χ0n) is 10.5. The van der Waals surface area contributed by atoms with Crippen LogP contribution >= 0.6 is 12.2 Å². The number of hydrogen-bond donors (Lipinski definition) is 2. The van der Waals surface area contributed by atoms with Gasteiger partial charge < -0.3 is 15.6 Å². The quantitative estimate of drug-likeness (QED) is 0.815. The van der Waals surface area contributed by atoms with Crippen molar-refractivity contribution in [1.29, 1.82) is 0 Å². The summed E-state index contributed by atoms with van der Waals surface area (Å²) in [6.07, 6.45) is 3.25. The van der Waals surface area contributed by atoms with E-state index in [0.717, 1.165) is 11.1 Å². The zero-order valence-corrected chi connectivity index (χ0v) is 11.3. The number of hydrogen-bond acceptors (Lipinski definition) is 3. The maximum Gasteiger partial charge on any atom is 0.271 e. The van der Waals surface area contributed by atoms with Crippen molar-refractivity contribution in [3.63, 3.8) is 0 Å². The molecule has 98 valence electrons. The average molecular weight is 274 g/mol. The molecule has 1 amide bonds. The van der Waals surface area contributed by atoms with Gasteiger partial charge in [0.2, 0.25) is 0 Å². The number of rotatable bonds is 4. The van der Waals surface area contributed by atoms with Crippen molar-refractivity contribution < 1.29 is 4.79 Å². The smallest absolute Gasteiger partial charge is 0.271 e. The molecule has 3 N–H and O–H groups in total. The third kappa shape index (κ3) is 3.38. The Balaban J connectivity index is 2.01. The van der Waals surface area contributed by atoms with Crippen molar-refractivity contribution in [3.05, 3.63) is 53.6 Å². The number of nitrogens with two attached hydrogens (primary N) is 1. The van der Waals surface area contributed by atoms with Gasteiger partial charge in [-0.05, 0) is 11.6 Å². The summed E-state index contributed by atoms with van der Waals surface area (Å²) in [5.41, 5.74) is 7.69. The molecule has 0 atom stereocenters. The zero-order chi connectivity index (χ0) is 13.8. The van der Waals surface area contributed by atoms with Crippen LogP contribution in [-0.4, -0.2) is 20.4 Å². The minimum absolute atomic E-state index is 0.207. The maximum absolute atomic E-state index is 11.8. The first kappa shape index (κ1) is 13.2. The highest BCUT2D eigenvalue weighted by atomic mass is 32.1.